The molecule has 0 aliphatic rings. The number of para-hydroxylation sites is 1. The Bertz CT molecular complexity index is 1290. The Kier molecular flexibility index (Phi) is 4.98. The third-order valence-electron chi connectivity index (χ3n) is 4.40. The molecule has 8 heteroatoms. The van der Waals surface area contributed by atoms with Gasteiger partial charge in [0.1, 0.15) is 5.69 Å². The molecule has 2 heterocycles. The average Bonchev–Trinajstić information content (AvgIpc) is 2.75. The summed E-state index contributed by atoms with van der Waals surface area (Å²) in [5.41, 5.74) is 1.28. The van der Waals surface area contributed by atoms with E-state index in [1.165, 1.54) is 10.7 Å². The smallest absolute Gasteiger partial charge is 0.346 e. The Labute approximate surface area is 164 Å². The van der Waals surface area contributed by atoms with Crippen LogP contribution in [0.2, 0.25) is 0 Å². The van der Waals surface area contributed by atoms with Crippen LogP contribution in [-0.4, -0.2) is 32.2 Å². The second-order valence-corrected chi connectivity index (χ2v) is 6.34. The molecule has 0 saturated carbocycles. The van der Waals surface area contributed by atoms with E-state index in [1.807, 2.05) is 30.3 Å². The van der Waals surface area contributed by atoms with E-state index in [0.29, 0.717) is 16.6 Å². The van der Waals surface area contributed by atoms with Gasteiger partial charge >= 0.3 is 5.69 Å². The van der Waals surface area contributed by atoms with Crippen molar-refractivity contribution in [2.45, 2.75) is 6.54 Å². The minimum Gasteiger partial charge on any atom is -0.349 e. The molecule has 2 aromatic carbocycles. The third kappa shape index (κ3) is 3.96. The molecule has 2 aromatic heterocycles. The van der Waals surface area contributed by atoms with Crippen LogP contribution >= 0.6 is 0 Å². The van der Waals surface area contributed by atoms with Gasteiger partial charge in [0.15, 0.2) is 0 Å². The van der Waals surface area contributed by atoms with E-state index in [0.717, 1.165) is 5.56 Å². The van der Waals surface area contributed by atoms with Crippen LogP contribution in [0.4, 0.5) is 0 Å². The lowest BCUT2D eigenvalue weighted by Crippen LogP contribution is -2.33. The second-order valence-electron chi connectivity index (χ2n) is 6.34. The van der Waals surface area contributed by atoms with Crippen LogP contribution in [-0.2, 0) is 6.54 Å². The number of amides is 1. The van der Waals surface area contributed by atoms with Crippen molar-refractivity contribution in [3.05, 3.63) is 93.3 Å². The number of carbonyl (C=O) groups is 1. The van der Waals surface area contributed by atoms with E-state index in [1.54, 1.807) is 30.3 Å². The number of aromatic amines is 1. The Morgan fingerprint density at radius 2 is 1.72 bits per heavy atom. The lowest BCUT2D eigenvalue weighted by Gasteiger charge is -2.09. The number of aromatic nitrogens is 4. The highest BCUT2D eigenvalue weighted by Crippen LogP contribution is 2.14. The lowest BCUT2D eigenvalue weighted by molar-refractivity contribution is 0.0948. The molecule has 8 nitrogen and oxygen atoms in total. The first-order chi connectivity index (χ1) is 14.1. The van der Waals surface area contributed by atoms with Gasteiger partial charge in [-0.15, -0.1) is 0 Å². The van der Waals surface area contributed by atoms with E-state index < -0.39 is 11.6 Å². The Hall–Kier alpha value is -4.07. The SMILES string of the molecule is O=C(NCCn1nc(-c2ccccc2)ccc1=O)c1nc(=O)[nH]c2ccccc12. The summed E-state index contributed by atoms with van der Waals surface area (Å²) in [6, 6.07) is 19.6. The van der Waals surface area contributed by atoms with Gasteiger partial charge in [0.05, 0.1) is 17.8 Å². The highest BCUT2D eigenvalue weighted by molar-refractivity contribution is 6.04. The van der Waals surface area contributed by atoms with Crippen LogP contribution < -0.4 is 16.6 Å². The molecule has 144 valence electrons. The molecule has 4 aromatic rings. The van der Waals surface area contributed by atoms with Gasteiger partial charge in [-0.3, -0.25) is 9.59 Å². The van der Waals surface area contributed by atoms with Crippen molar-refractivity contribution < 1.29 is 4.79 Å². The zero-order chi connectivity index (χ0) is 20.2. The first kappa shape index (κ1) is 18.3. The largest absolute Gasteiger partial charge is 0.349 e. The number of hydrogen-bond donors (Lipinski definition) is 2. The molecule has 1 amide bonds. The van der Waals surface area contributed by atoms with Crippen LogP contribution in [0.25, 0.3) is 22.2 Å². The zero-order valence-corrected chi connectivity index (χ0v) is 15.3. The molecular formula is C21H17N5O3. The maximum absolute atomic E-state index is 12.5. The van der Waals surface area contributed by atoms with Crippen molar-refractivity contribution >= 4 is 16.8 Å². The summed E-state index contributed by atoms with van der Waals surface area (Å²) in [4.78, 5) is 42.7. The molecule has 0 radical (unpaired) electrons. The quantitative estimate of drug-likeness (QED) is 0.540. The number of hydrogen-bond acceptors (Lipinski definition) is 5. The molecule has 0 saturated heterocycles. The fraction of sp³-hybridized carbons (Fsp3) is 0.0952. The standard InChI is InChI=1S/C21H17N5O3/c27-18-11-10-16(14-6-2-1-3-7-14)25-26(18)13-12-22-20(28)19-15-8-4-5-9-17(15)23-21(29)24-19/h1-11H,12-13H2,(H,22,28)(H,23,24,29). The summed E-state index contributed by atoms with van der Waals surface area (Å²) >= 11 is 0. The predicted molar refractivity (Wildman–Crippen MR) is 109 cm³/mol. The van der Waals surface area contributed by atoms with Gasteiger partial charge in [0, 0.05) is 23.6 Å². The summed E-state index contributed by atoms with van der Waals surface area (Å²) < 4.78 is 1.30. The van der Waals surface area contributed by atoms with Gasteiger partial charge < -0.3 is 10.3 Å². The first-order valence-corrected chi connectivity index (χ1v) is 9.03. The number of benzene rings is 2. The average molecular weight is 387 g/mol. The number of nitrogens with one attached hydrogen (secondary N) is 2. The summed E-state index contributed by atoms with van der Waals surface area (Å²) in [5.74, 6) is -0.487. The molecule has 2 N–H and O–H groups in total. The molecule has 0 spiro atoms. The van der Waals surface area contributed by atoms with Crippen molar-refractivity contribution in [3.63, 3.8) is 0 Å². The van der Waals surface area contributed by atoms with Gasteiger partial charge in [0.2, 0.25) is 0 Å². The van der Waals surface area contributed by atoms with Crippen LogP contribution in [0.5, 0.6) is 0 Å². The van der Waals surface area contributed by atoms with Crippen molar-refractivity contribution in [2.75, 3.05) is 6.54 Å². The van der Waals surface area contributed by atoms with E-state index in [2.05, 4.69) is 20.4 Å². The van der Waals surface area contributed by atoms with Crippen LogP contribution in [0.3, 0.4) is 0 Å². The Morgan fingerprint density at radius 1 is 0.966 bits per heavy atom. The van der Waals surface area contributed by atoms with Gasteiger partial charge in [0.25, 0.3) is 11.5 Å². The Morgan fingerprint density at radius 3 is 2.55 bits per heavy atom. The lowest BCUT2D eigenvalue weighted by atomic mass is 10.1. The first-order valence-electron chi connectivity index (χ1n) is 9.03. The molecule has 0 aliphatic carbocycles. The minimum absolute atomic E-state index is 0.0442. The highest BCUT2D eigenvalue weighted by atomic mass is 16.2. The van der Waals surface area contributed by atoms with Gasteiger partial charge in [-0.1, -0.05) is 48.5 Å². The summed E-state index contributed by atoms with van der Waals surface area (Å²) in [6.07, 6.45) is 0. The fourth-order valence-corrected chi connectivity index (χ4v) is 3.01. The molecule has 0 aliphatic heterocycles. The van der Waals surface area contributed by atoms with E-state index in [-0.39, 0.29) is 24.3 Å². The monoisotopic (exact) mass is 387 g/mol. The summed E-state index contributed by atoms with van der Waals surface area (Å²) in [6.45, 7) is 0.346. The van der Waals surface area contributed by atoms with E-state index >= 15 is 0 Å². The van der Waals surface area contributed by atoms with Crippen molar-refractivity contribution in [2.24, 2.45) is 0 Å². The number of rotatable bonds is 5. The van der Waals surface area contributed by atoms with Crippen LogP contribution in [0, 0.1) is 0 Å². The van der Waals surface area contributed by atoms with Crippen molar-refractivity contribution in [1.82, 2.24) is 25.1 Å². The maximum atomic E-state index is 12.5. The topological polar surface area (TPSA) is 110 Å². The predicted octanol–water partition coefficient (Wildman–Crippen LogP) is 1.58. The molecule has 29 heavy (non-hydrogen) atoms. The number of fused-ring (bicyclic) bond motifs is 1. The van der Waals surface area contributed by atoms with Crippen molar-refractivity contribution in [1.29, 1.82) is 0 Å². The maximum Gasteiger partial charge on any atom is 0.346 e. The fourth-order valence-electron chi connectivity index (χ4n) is 3.01. The van der Waals surface area contributed by atoms with Gasteiger partial charge in [-0.05, 0) is 12.1 Å². The third-order valence-corrected chi connectivity index (χ3v) is 4.40. The molecule has 0 fully saturated rings. The second kappa shape index (κ2) is 7.89. The summed E-state index contributed by atoms with van der Waals surface area (Å²) in [5, 5.41) is 7.60. The van der Waals surface area contributed by atoms with Crippen LogP contribution in [0.15, 0.2) is 76.3 Å². The summed E-state index contributed by atoms with van der Waals surface area (Å²) in [7, 11) is 0. The number of H-pyrrole nitrogens is 1. The molecule has 0 bridgehead atoms. The van der Waals surface area contributed by atoms with E-state index in [9.17, 15) is 14.4 Å². The van der Waals surface area contributed by atoms with Crippen LogP contribution in [0.1, 0.15) is 10.5 Å². The molecule has 4 rings (SSSR count). The molecule has 0 unspecified atom stereocenters. The van der Waals surface area contributed by atoms with E-state index in [4.69, 9.17) is 0 Å². The normalized spacial score (nSPS) is 10.8. The number of nitrogens with zero attached hydrogens (tertiary/aromatic N) is 3. The van der Waals surface area contributed by atoms with Gasteiger partial charge in [-0.2, -0.15) is 10.1 Å². The minimum atomic E-state index is -0.595. The van der Waals surface area contributed by atoms with Gasteiger partial charge in [-0.25, -0.2) is 9.48 Å². The zero-order valence-electron chi connectivity index (χ0n) is 15.3. The van der Waals surface area contributed by atoms with Crippen molar-refractivity contribution in [3.8, 4) is 11.3 Å². The highest BCUT2D eigenvalue weighted by Gasteiger charge is 2.13. The molecule has 0 atom stereocenters. The molecular weight excluding hydrogens is 370 g/mol. The Balaban J connectivity index is 1.51. The number of carbonyl (C=O) groups excluding carboxylic acids is 1.